The van der Waals surface area contributed by atoms with Crippen LogP contribution in [0.1, 0.15) is 13.8 Å². The van der Waals surface area contributed by atoms with E-state index in [1.807, 2.05) is 44.2 Å². The van der Waals surface area contributed by atoms with Crippen molar-refractivity contribution in [2.75, 3.05) is 6.61 Å². The maximum atomic E-state index is 9.42. The summed E-state index contributed by atoms with van der Waals surface area (Å²) < 4.78 is 5.71. The van der Waals surface area contributed by atoms with E-state index in [2.05, 4.69) is 0 Å². The molecule has 0 unspecified atom stereocenters. The van der Waals surface area contributed by atoms with Crippen molar-refractivity contribution in [3.05, 3.63) is 48.0 Å². The molecule has 0 aliphatic rings. The molecular weight excluding hydrogens is 212 g/mol. The fraction of sp³-hybridized carbons (Fsp3) is 0.200. The molecule has 2 nitrogen and oxygen atoms in total. The molecule has 0 amide bonds. The van der Waals surface area contributed by atoms with Crippen molar-refractivity contribution < 1.29 is 9.84 Å². The first-order chi connectivity index (χ1) is 8.16. The highest BCUT2D eigenvalue weighted by atomic mass is 16.5. The smallest absolute Gasteiger partial charge is 0.127 e. The number of benzene rings is 2. The topological polar surface area (TPSA) is 29.5 Å². The summed E-state index contributed by atoms with van der Waals surface area (Å²) in [5.41, 5.74) is 1.24. The van der Waals surface area contributed by atoms with Crippen molar-refractivity contribution >= 4 is 10.8 Å². The molecule has 2 aromatic carbocycles. The van der Waals surface area contributed by atoms with E-state index in [-0.39, 0.29) is 5.75 Å². The summed E-state index contributed by atoms with van der Waals surface area (Å²) in [5.74, 6) is 1.12. The Morgan fingerprint density at radius 3 is 2.82 bits per heavy atom. The standard InChI is InChI=1S/C15H16O2/c1-11(2)8-9-17-15-5-3-4-12-10-13(16)6-7-14(12)15/h3-8,10,16H,9H2,1-2H3. The fourth-order valence-corrected chi connectivity index (χ4v) is 1.67. The summed E-state index contributed by atoms with van der Waals surface area (Å²) in [6.45, 7) is 4.66. The highest BCUT2D eigenvalue weighted by molar-refractivity contribution is 5.89. The monoisotopic (exact) mass is 228 g/mol. The first-order valence-corrected chi connectivity index (χ1v) is 5.65. The third-order valence-electron chi connectivity index (χ3n) is 2.55. The Bertz CT molecular complexity index is 552. The van der Waals surface area contributed by atoms with Crippen LogP contribution in [0.15, 0.2) is 48.0 Å². The molecule has 0 saturated heterocycles. The third-order valence-corrected chi connectivity index (χ3v) is 2.55. The maximum absolute atomic E-state index is 9.42. The third kappa shape index (κ3) is 2.78. The lowest BCUT2D eigenvalue weighted by Crippen LogP contribution is -1.94. The van der Waals surface area contributed by atoms with Crippen molar-refractivity contribution in [2.45, 2.75) is 13.8 Å². The highest BCUT2D eigenvalue weighted by Gasteiger charge is 2.01. The molecule has 2 aromatic rings. The summed E-state index contributed by atoms with van der Waals surface area (Å²) >= 11 is 0. The predicted octanol–water partition coefficient (Wildman–Crippen LogP) is 3.89. The molecule has 0 fully saturated rings. The molecule has 2 heteroatoms. The highest BCUT2D eigenvalue weighted by Crippen LogP contribution is 2.28. The molecule has 0 saturated carbocycles. The summed E-state index contributed by atoms with van der Waals surface area (Å²) in [7, 11) is 0. The molecule has 1 N–H and O–H groups in total. The zero-order valence-corrected chi connectivity index (χ0v) is 10.1. The summed E-state index contributed by atoms with van der Waals surface area (Å²) in [6, 6.07) is 11.1. The van der Waals surface area contributed by atoms with E-state index < -0.39 is 0 Å². The maximum Gasteiger partial charge on any atom is 0.127 e. The van der Waals surface area contributed by atoms with E-state index in [0.717, 1.165) is 16.5 Å². The predicted molar refractivity (Wildman–Crippen MR) is 70.5 cm³/mol. The van der Waals surface area contributed by atoms with E-state index in [1.165, 1.54) is 5.57 Å². The Morgan fingerprint density at radius 2 is 2.06 bits per heavy atom. The molecule has 17 heavy (non-hydrogen) atoms. The molecule has 0 atom stereocenters. The van der Waals surface area contributed by atoms with E-state index in [4.69, 9.17) is 4.74 Å². The molecule has 0 aromatic heterocycles. The van der Waals surface area contributed by atoms with Gasteiger partial charge in [-0.2, -0.15) is 0 Å². The van der Waals surface area contributed by atoms with Crippen LogP contribution < -0.4 is 4.74 Å². The van der Waals surface area contributed by atoms with Gasteiger partial charge in [0.25, 0.3) is 0 Å². The number of phenols is 1. The molecule has 0 radical (unpaired) electrons. The average Bonchev–Trinajstić information content (AvgIpc) is 2.28. The molecule has 88 valence electrons. The van der Waals surface area contributed by atoms with E-state index in [1.54, 1.807) is 12.1 Å². The number of aromatic hydroxyl groups is 1. The molecule has 0 spiro atoms. The van der Waals surface area contributed by atoms with Crippen LogP contribution in [0, 0.1) is 0 Å². The Kier molecular flexibility index (Phi) is 3.33. The Balaban J connectivity index is 2.31. The number of ether oxygens (including phenoxy) is 1. The van der Waals surface area contributed by atoms with Gasteiger partial charge in [-0.05, 0) is 49.6 Å². The number of fused-ring (bicyclic) bond motifs is 1. The lowest BCUT2D eigenvalue weighted by Gasteiger charge is -2.08. The number of allylic oxidation sites excluding steroid dienone is 1. The number of rotatable bonds is 3. The average molecular weight is 228 g/mol. The van der Waals surface area contributed by atoms with Crippen LogP contribution in [0.3, 0.4) is 0 Å². The second-order valence-corrected chi connectivity index (χ2v) is 4.25. The van der Waals surface area contributed by atoms with Crippen LogP contribution in [0.25, 0.3) is 10.8 Å². The largest absolute Gasteiger partial charge is 0.508 e. The lowest BCUT2D eigenvalue weighted by atomic mass is 10.1. The van der Waals surface area contributed by atoms with E-state index in [0.29, 0.717) is 6.61 Å². The SMILES string of the molecule is CC(C)=CCOc1cccc2cc(O)ccc12. The first kappa shape index (κ1) is 11.5. The molecular formula is C15H16O2. The van der Waals surface area contributed by atoms with Crippen LogP contribution in [0.4, 0.5) is 0 Å². The lowest BCUT2D eigenvalue weighted by molar-refractivity contribution is 0.366. The summed E-state index contributed by atoms with van der Waals surface area (Å²) in [6.07, 6.45) is 2.04. The number of hydrogen-bond acceptors (Lipinski definition) is 2. The quantitative estimate of drug-likeness (QED) is 0.807. The number of phenolic OH excluding ortho intramolecular Hbond substituents is 1. The van der Waals surface area contributed by atoms with E-state index >= 15 is 0 Å². The second-order valence-electron chi connectivity index (χ2n) is 4.25. The molecule has 0 aliphatic carbocycles. The van der Waals surface area contributed by atoms with Gasteiger partial charge in [0.05, 0.1) is 0 Å². The minimum Gasteiger partial charge on any atom is -0.508 e. The van der Waals surface area contributed by atoms with Gasteiger partial charge in [0.2, 0.25) is 0 Å². The zero-order valence-electron chi connectivity index (χ0n) is 10.1. The summed E-state index contributed by atoms with van der Waals surface area (Å²) in [4.78, 5) is 0. The van der Waals surface area contributed by atoms with Gasteiger partial charge in [-0.1, -0.05) is 17.7 Å². The van der Waals surface area contributed by atoms with Crippen LogP contribution in [-0.2, 0) is 0 Å². The van der Waals surface area contributed by atoms with Gasteiger partial charge in [-0.15, -0.1) is 0 Å². The minimum atomic E-state index is 0.277. The van der Waals surface area contributed by atoms with Gasteiger partial charge in [0, 0.05) is 5.39 Å². The van der Waals surface area contributed by atoms with Crippen molar-refractivity contribution in [2.24, 2.45) is 0 Å². The zero-order chi connectivity index (χ0) is 12.3. The Morgan fingerprint density at radius 1 is 1.24 bits per heavy atom. The van der Waals surface area contributed by atoms with Crippen LogP contribution in [-0.4, -0.2) is 11.7 Å². The fourth-order valence-electron chi connectivity index (χ4n) is 1.67. The van der Waals surface area contributed by atoms with Crippen molar-refractivity contribution in [1.29, 1.82) is 0 Å². The van der Waals surface area contributed by atoms with Gasteiger partial charge in [0.1, 0.15) is 18.1 Å². The Labute approximate surface area is 101 Å². The Hall–Kier alpha value is -1.96. The van der Waals surface area contributed by atoms with Crippen LogP contribution in [0.2, 0.25) is 0 Å². The van der Waals surface area contributed by atoms with Gasteiger partial charge >= 0.3 is 0 Å². The van der Waals surface area contributed by atoms with Gasteiger partial charge in [0.15, 0.2) is 0 Å². The van der Waals surface area contributed by atoms with Gasteiger partial charge in [-0.25, -0.2) is 0 Å². The summed E-state index contributed by atoms with van der Waals surface area (Å²) in [5, 5.41) is 11.4. The molecule has 0 aliphatic heterocycles. The van der Waals surface area contributed by atoms with Gasteiger partial charge in [-0.3, -0.25) is 0 Å². The first-order valence-electron chi connectivity index (χ1n) is 5.65. The second kappa shape index (κ2) is 4.91. The molecule has 2 rings (SSSR count). The van der Waals surface area contributed by atoms with Crippen molar-refractivity contribution in [3.8, 4) is 11.5 Å². The van der Waals surface area contributed by atoms with Crippen molar-refractivity contribution in [1.82, 2.24) is 0 Å². The van der Waals surface area contributed by atoms with Gasteiger partial charge < -0.3 is 9.84 Å². The number of hydrogen-bond donors (Lipinski definition) is 1. The molecule has 0 bridgehead atoms. The normalized spacial score (nSPS) is 10.2. The van der Waals surface area contributed by atoms with Crippen molar-refractivity contribution in [3.63, 3.8) is 0 Å². The molecule has 0 heterocycles. The van der Waals surface area contributed by atoms with E-state index in [9.17, 15) is 5.11 Å². The van der Waals surface area contributed by atoms with Crippen LogP contribution >= 0.6 is 0 Å². The minimum absolute atomic E-state index is 0.277. The van der Waals surface area contributed by atoms with Crippen LogP contribution in [0.5, 0.6) is 11.5 Å².